The van der Waals surface area contributed by atoms with Crippen molar-refractivity contribution in [3.8, 4) is 0 Å². The zero-order valence-corrected chi connectivity index (χ0v) is 6.80. The van der Waals surface area contributed by atoms with Gasteiger partial charge in [0.25, 0.3) is 0 Å². The molecular formula is C7H13N3O2. The summed E-state index contributed by atoms with van der Waals surface area (Å²) >= 11 is 0. The Morgan fingerprint density at radius 3 is 2.33 bits per heavy atom. The van der Waals surface area contributed by atoms with Crippen molar-refractivity contribution in [1.82, 2.24) is 5.32 Å². The van der Waals surface area contributed by atoms with E-state index in [9.17, 15) is 9.59 Å². The van der Waals surface area contributed by atoms with Crippen molar-refractivity contribution in [2.24, 2.45) is 11.5 Å². The van der Waals surface area contributed by atoms with E-state index in [1.807, 2.05) is 5.32 Å². The van der Waals surface area contributed by atoms with E-state index >= 15 is 0 Å². The van der Waals surface area contributed by atoms with Crippen LogP contribution in [0.2, 0.25) is 0 Å². The fourth-order valence-corrected chi connectivity index (χ4v) is 1.31. The quantitative estimate of drug-likeness (QED) is 0.520. The van der Waals surface area contributed by atoms with Gasteiger partial charge in [0.15, 0.2) is 0 Å². The highest BCUT2D eigenvalue weighted by molar-refractivity contribution is 5.93. The summed E-state index contributed by atoms with van der Waals surface area (Å²) in [5.74, 6) is -0.385. The maximum absolute atomic E-state index is 11.0. The summed E-state index contributed by atoms with van der Waals surface area (Å²) in [6, 6.07) is -0.817. The van der Waals surface area contributed by atoms with Crippen LogP contribution in [0.1, 0.15) is 25.7 Å². The first-order valence-corrected chi connectivity index (χ1v) is 3.90. The van der Waals surface area contributed by atoms with Gasteiger partial charge in [-0.15, -0.1) is 0 Å². The van der Waals surface area contributed by atoms with Gasteiger partial charge in [-0.05, 0) is 19.3 Å². The number of rotatable bonds is 2. The third-order valence-corrected chi connectivity index (χ3v) is 2.12. The first-order valence-electron chi connectivity index (χ1n) is 3.90. The molecule has 68 valence electrons. The third-order valence-electron chi connectivity index (χ3n) is 2.12. The van der Waals surface area contributed by atoms with Crippen LogP contribution in [-0.4, -0.2) is 17.5 Å². The van der Waals surface area contributed by atoms with Crippen molar-refractivity contribution in [2.45, 2.75) is 31.2 Å². The summed E-state index contributed by atoms with van der Waals surface area (Å²) in [6.07, 6.45) is 2.94. The number of carbonyl (C=O) groups is 2. The van der Waals surface area contributed by atoms with E-state index in [4.69, 9.17) is 11.5 Å². The predicted octanol–water partition coefficient (Wildman–Crippen LogP) is -0.547. The van der Waals surface area contributed by atoms with Gasteiger partial charge in [-0.25, -0.2) is 4.79 Å². The molecule has 1 aliphatic rings. The fraction of sp³-hybridized carbons (Fsp3) is 0.714. The number of hydrogen-bond acceptors (Lipinski definition) is 3. The number of hydrogen-bond donors (Lipinski definition) is 3. The Morgan fingerprint density at radius 1 is 1.42 bits per heavy atom. The van der Waals surface area contributed by atoms with Crippen molar-refractivity contribution in [3.05, 3.63) is 0 Å². The monoisotopic (exact) mass is 171 g/mol. The van der Waals surface area contributed by atoms with Gasteiger partial charge in [0.2, 0.25) is 5.91 Å². The van der Waals surface area contributed by atoms with Crippen LogP contribution in [0.25, 0.3) is 0 Å². The molecule has 0 bridgehead atoms. The lowest BCUT2D eigenvalue weighted by atomic mass is 9.75. The Hall–Kier alpha value is -1.10. The molecule has 0 radical (unpaired) electrons. The Morgan fingerprint density at radius 2 is 2.00 bits per heavy atom. The molecule has 5 heteroatoms. The molecule has 0 saturated heterocycles. The zero-order chi connectivity index (χ0) is 9.19. The molecule has 0 aromatic rings. The van der Waals surface area contributed by atoms with E-state index in [-0.39, 0.29) is 17.9 Å². The minimum atomic E-state index is -0.817. The Kier molecular flexibility index (Phi) is 2.32. The fourth-order valence-electron chi connectivity index (χ4n) is 1.31. The summed E-state index contributed by atoms with van der Waals surface area (Å²) in [7, 11) is 0. The molecular weight excluding hydrogens is 158 g/mol. The van der Waals surface area contributed by atoms with Gasteiger partial charge in [-0.3, -0.25) is 10.1 Å². The standard InChI is InChI=1S/C7H13N3O2/c8-6(12)10-5(11)4-7(9)2-1-3-7/h1-4,9H2,(H3,8,10,11,12). The van der Waals surface area contributed by atoms with Gasteiger partial charge < -0.3 is 11.5 Å². The molecule has 5 N–H and O–H groups in total. The van der Waals surface area contributed by atoms with Crippen molar-refractivity contribution in [1.29, 1.82) is 0 Å². The number of amides is 3. The third kappa shape index (κ3) is 2.20. The number of carbonyl (C=O) groups excluding carboxylic acids is 2. The van der Waals surface area contributed by atoms with Gasteiger partial charge in [-0.1, -0.05) is 0 Å². The van der Waals surface area contributed by atoms with Crippen LogP contribution in [0.5, 0.6) is 0 Å². The highest BCUT2D eigenvalue weighted by Crippen LogP contribution is 2.31. The lowest BCUT2D eigenvalue weighted by molar-refractivity contribution is -0.121. The van der Waals surface area contributed by atoms with Gasteiger partial charge in [-0.2, -0.15) is 0 Å². The zero-order valence-electron chi connectivity index (χ0n) is 6.80. The van der Waals surface area contributed by atoms with Crippen LogP contribution in [-0.2, 0) is 4.79 Å². The van der Waals surface area contributed by atoms with Crippen LogP contribution < -0.4 is 16.8 Å². The molecule has 0 aliphatic heterocycles. The lowest BCUT2D eigenvalue weighted by Crippen LogP contribution is -2.51. The molecule has 1 fully saturated rings. The molecule has 3 amide bonds. The predicted molar refractivity (Wildman–Crippen MR) is 43.1 cm³/mol. The highest BCUT2D eigenvalue weighted by atomic mass is 16.2. The van der Waals surface area contributed by atoms with E-state index in [2.05, 4.69) is 0 Å². The molecule has 0 unspecified atom stereocenters. The summed E-state index contributed by atoms with van der Waals surface area (Å²) in [4.78, 5) is 21.2. The van der Waals surface area contributed by atoms with Gasteiger partial charge in [0, 0.05) is 12.0 Å². The summed E-state index contributed by atoms with van der Waals surface area (Å²) in [5, 5.41) is 1.99. The van der Waals surface area contributed by atoms with Crippen molar-refractivity contribution in [3.63, 3.8) is 0 Å². The minimum absolute atomic E-state index is 0.190. The molecule has 0 aromatic heterocycles. The molecule has 0 atom stereocenters. The Balaban J connectivity index is 2.30. The second kappa shape index (κ2) is 3.10. The maximum atomic E-state index is 11.0. The average molecular weight is 171 g/mol. The molecule has 5 nitrogen and oxygen atoms in total. The molecule has 0 aromatic carbocycles. The molecule has 1 saturated carbocycles. The highest BCUT2D eigenvalue weighted by Gasteiger charge is 2.34. The Labute approximate surface area is 70.5 Å². The van der Waals surface area contributed by atoms with Crippen LogP contribution >= 0.6 is 0 Å². The van der Waals surface area contributed by atoms with E-state index in [0.29, 0.717) is 0 Å². The molecule has 0 spiro atoms. The molecule has 12 heavy (non-hydrogen) atoms. The van der Waals surface area contributed by atoms with Gasteiger partial charge in [0.1, 0.15) is 0 Å². The van der Waals surface area contributed by atoms with E-state index in [1.54, 1.807) is 0 Å². The second-order valence-corrected chi connectivity index (χ2v) is 3.31. The van der Waals surface area contributed by atoms with E-state index < -0.39 is 6.03 Å². The smallest absolute Gasteiger partial charge is 0.318 e. The Bertz CT molecular complexity index is 211. The lowest BCUT2D eigenvalue weighted by Gasteiger charge is -2.37. The first kappa shape index (κ1) is 8.99. The van der Waals surface area contributed by atoms with Crippen molar-refractivity contribution < 1.29 is 9.59 Å². The summed E-state index contributed by atoms with van der Waals surface area (Å²) in [6.45, 7) is 0. The van der Waals surface area contributed by atoms with Gasteiger partial charge >= 0.3 is 6.03 Å². The van der Waals surface area contributed by atoms with E-state index in [1.165, 1.54) is 0 Å². The number of nitrogens with one attached hydrogen (secondary N) is 1. The molecule has 1 rings (SSSR count). The minimum Gasteiger partial charge on any atom is -0.351 e. The molecule has 1 aliphatic carbocycles. The van der Waals surface area contributed by atoms with Crippen LogP contribution in [0.4, 0.5) is 4.79 Å². The largest absolute Gasteiger partial charge is 0.351 e. The van der Waals surface area contributed by atoms with Gasteiger partial charge in [0.05, 0.1) is 0 Å². The summed E-state index contributed by atoms with van der Waals surface area (Å²) < 4.78 is 0. The normalized spacial score (nSPS) is 19.4. The number of imide groups is 1. The SMILES string of the molecule is NC(=O)NC(=O)CC1(N)CCC1. The van der Waals surface area contributed by atoms with E-state index in [0.717, 1.165) is 19.3 Å². The van der Waals surface area contributed by atoms with Crippen molar-refractivity contribution in [2.75, 3.05) is 0 Å². The van der Waals surface area contributed by atoms with Crippen molar-refractivity contribution >= 4 is 11.9 Å². The average Bonchev–Trinajstić information content (AvgIpc) is 1.81. The molecule has 0 heterocycles. The van der Waals surface area contributed by atoms with Crippen LogP contribution in [0.3, 0.4) is 0 Å². The topological polar surface area (TPSA) is 98.2 Å². The van der Waals surface area contributed by atoms with Crippen LogP contribution in [0, 0.1) is 0 Å². The summed E-state index contributed by atoms with van der Waals surface area (Å²) in [5.41, 5.74) is 10.1. The number of nitrogens with two attached hydrogens (primary N) is 2. The van der Waals surface area contributed by atoms with Crippen LogP contribution in [0.15, 0.2) is 0 Å². The number of urea groups is 1. The maximum Gasteiger partial charge on any atom is 0.318 e. The second-order valence-electron chi connectivity index (χ2n) is 3.31. The first-order chi connectivity index (χ1) is 5.52. The number of primary amides is 1.